The minimum atomic E-state index is -0.0128. The van der Waals surface area contributed by atoms with Gasteiger partial charge in [0.2, 0.25) is 5.91 Å². The zero-order valence-corrected chi connectivity index (χ0v) is 13.9. The summed E-state index contributed by atoms with van der Waals surface area (Å²) in [7, 11) is 1.66. The van der Waals surface area contributed by atoms with Crippen molar-refractivity contribution in [2.75, 3.05) is 25.5 Å². The van der Waals surface area contributed by atoms with Crippen LogP contribution in [-0.4, -0.2) is 26.1 Å². The van der Waals surface area contributed by atoms with Crippen LogP contribution in [0.4, 0.5) is 5.69 Å². The zero-order valence-electron chi connectivity index (χ0n) is 13.1. The Morgan fingerprint density at radius 2 is 1.91 bits per heavy atom. The Balaban J connectivity index is 1.63. The molecule has 0 heterocycles. The second-order valence-electron chi connectivity index (χ2n) is 5.16. The Hall–Kier alpha value is -2.04. The van der Waals surface area contributed by atoms with Gasteiger partial charge < -0.3 is 15.4 Å². The van der Waals surface area contributed by atoms with Crippen LogP contribution in [0.1, 0.15) is 12.0 Å². The Bertz CT molecular complexity index is 629. The van der Waals surface area contributed by atoms with E-state index in [0.717, 1.165) is 24.4 Å². The number of nitrogens with one attached hydrogen (secondary N) is 2. The summed E-state index contributed by atoms with van der Waals surface area (Å²) < 4.78 is 5.20. The molecule has 122 valence electrons. The molecule has 2 N–H and O–H groups in total. The van der Waals surface area contributed by atoms with Crippen LogP contribution >= 0.6 is 11.6 Å². The van der Waals surface area contributed by atoms with Crippen LogP contribution in [0, 0.1) is 0 Å². The molecule has 0 saturated heterocycles. The first-order chi connectivity index (χ1) is 11.2. The van der Waals surface area contributed by atoms with Crippen LogP contribution in [0.15, 0.2) is 48.5 Å². The van der Waals surface area contributed by atoms with E-state index >= 15 is 0 Å². The lowest BCUT2D eigenvalue weighted by Gasteiger charge is -2.07. The van der Waals surface area contributed by atoms with Crippen LogP contribution in [0.25, 0.3) is 0 Å². The minimum absolute atomic E-state index is 0.0128. The van der Waals surface area contributed by atoms with Crippen molar-refractivity contribution in [1.29, 1.82) is 0 Å². The van der Waals surface area contributed by atoms with Gasteiger partial charge in [0.05, 0.1) is 7.11 Å². The number of halogens is 1. The molecular weight excluding hydrogens is 312 g/mol. The summed E-state index contributed by atoms with van der Waals surface area (Å²) in [6.07, 6.45) is 1.33. The normalized spacial score (nSPS) is 10.3. The summed E-state index contributed by atoms with van der Waals surface area (Å²) >= 11 is 5.81. The predicted molar refractivity (Wildman–Crippen MR) is 94.3 cm³/mol. The van der Waals surface area contributed by atoms with Gasteiger partial charge in [-0.2, -0.15) is 0 Å². The molecule has 5 heteroatoms. The number of anilines is 1. The summed E-state index contributed by atoms with van der Waals surface area (Å²) in [5.74, 6) is 0.853. The quantitative estimate of drug-likeness (QED) is 0.727. The highest BCUT2D eigenvalue weighted by Crippen LogP contribution is 2.14. The van der Waals surface area contributed by atoms with Crippen molar-refractivity contribution in [3.05, 3.63) is 59.1 Å². The zero-order chi connectivity index (χ0) is 16.5. The monoisotopic (exact) mass is 332 g/mol. The van der Waals surface area contributed by atoms with Crippen molar-refractivity contribution in [2.45, 2.75) is 12.8 Å². The third kappa shape index (κ3) is 6.30. The molecule has 0 aromatic heterocycles. The van der Waals surface area contributed by atoms with E-state index in [2.05, 4.69) is 16.7 Å². The van der Waals surface area contributed by atoms with Gasteiger partial charge in [-0.3, -0.25) is 4.79 Å². The van der Waals surface area contributed by atoms with Gasteiger partial charge >= 0.3 is 0 Å². The number of ether oxygens (including phenoxy) is 1. The van der Waals surface area contributed by atoms with Gasteiger partial charge in [0.1, 0.15) is 5.75 Å². The van der Waals surface area contributed by atoms with E-state index < -0.39 is 0 Å². The molecule has 0 aliphatic rings. The largest absolute Gasteiger partial charge is 0.497 e. The van der Waals surface area contributed by atoms with E-state index in [0.29, 0.717) is 18.0 Å². The van der Waals surface area contributed by atoms with E-state index in [9.17, 15) is 4.79 Å². The Kier molecular flexibility index (Phi) is 6.91. The van der Waals surface area contributed by atoms with Crippen molar-refractivity contribution in [3.8, 4) is 5.75 Å². The van der Waals surface area contributed by atoms with Crippen molar-refractivity contribution in [2.24, 2.45) is 0 Å². The predicted octanol–water partition coefficient (Wildman–Crippen LogP) is 3.51. The maximum Gasteiger partial charge on any atom is 0.225 e. The molecule has 0 spiro atoms. The third-order valence-electron chi connectivity index (χ3n) is 3.38. The minimum Gasteiger partial charge on any atom is -0.497 e. The summed E-state index contributed by atoms with van der Waals surface area (Å²) in [4.78, 5) is 11.8. The molecule has 1 amide bonds. The molecule has 0 aliphatic carbocycles. The molecule has 2 rings (SSSR count). The first-order valence-electron chi connectivity index (χ1n) is 7.56. The Labute approximate surface area is 141 Å². The third-order valence-corrected chi connectivity index (χ3v) is 3.63. The van der Waals surface area contributed by atoms with E-state index in [1.165, 1.54) is 5.56 Å². The highest BCUT2D eigenvalue weighted by Gasteiger charge is 2.02. The smallest absolute Gasteiger partial charge is 0.225 e. The first-order valence-corrected chi connectivity index (χ1v) is 7.94. The summed E-state index contributed by atoms with van der Waals surface area (Å²) in [5.41, 5.74) is 1.97. The van der Waals surface area contributed by atoms with E-state index in [1.54, 1.807) is 31.4 Å². The molecule has 23 heavy (non-hydrogen) atoms. The summed E-state index contributed by atoms with van der Waals surface area (Å²) in [5, 5.41) is 6.77. The highest BCUT2D eigenvalue weighted by molar-refractivity contribution is 6.30. The highest BCUT2D eigenvalue weighted by atomic mass is 35.5. The standard InChI is InChI=1S/C18H21ClN2O2/c1-23-17-4-2-3-14(13-17)9-11-20-12-10-18(22)21-16-7-5-15(19)6-8-16/h2-8,13,20H,9-12H2,1H3,(H,21,22). The molecule has 0 radical (unpaired) electrons. The number of rotatable bonds is 8. The van der Waals surface area contributed by atoms with Crippen LogP contribution in [0.2, 0.25) is 5.02 Å². The number of hydrogen-bond acceptors (Lipinski definition) is 3. The number of carbonyl (C=O) groups is 1. The molecule has 0 fully saturated rings. The molecule has 0 atom stereocenters. The average molecular weight is 333 g/mol. The fourth-order valence-corrected chi connectivity index (χ4v) is 2.27. The maximum atomic E-state index is 11.8. The molecule has 0 saturated carbocycles. The van der Waals surface area contributed by atoms with Gasteiger partial charge in [-0.15, -0.1) is 0 Å². The number of benzene rings is 2. The van der Waals surface area contributed by atoms with Crippen molar-refractivity contribution >= 4 is 23.2 Å². The molecular formula is C18H21ClN2O2. The van der Waals surface area contributed by atoms with E-state index in [4.69, 9.17) is 16.3 Å². The summed E-state index contributed by atoms with van der Waals surface area (Å²) in [6.45, 7) is 1.46. The molecule has 0 aliphatic heterocycles. The van der Waals surface area contributed by atoms with Crippen molar-refractivity contribution < 1.29 is 9.53 Å². The van der Waals surface area contributed by atoms with Gasteiger partial charge in [-0.25, -0.2) is 0 Å². The van der Waals surface area contributed by atoms with E-state index in [-0.39, 0.29) is 5.91 Å². The van der Waals surface area contributed by atoms with Gasteiger partial charge in [0.15, 0.2) is 0 Å². The van der Waals surface area contributed by atoms with Crippen molar-refractivity contribution in [3.63, 3.8) is 0 Å². The van der Waals surface area contributed by atoms with Crippen LogP contribution in [0.5, 0.6) is 5.75 Å². The summed E-state index contributed by atoms with van der Waals surface area (Å²) in [6, 6.07) is 15.1. The number of methoxy groups -OCH3 is 1. The number of carbonyl (C=O) groups excluding carboxylic acids is 1. The number of hydrogen-bond donors (Lipinski definition) is 2. The SMILES string of the molecule is COc1cccc(CCNCCC(=O)Nc2ccc(Cl)cc2)c1. The van der Waals surface area contributed by atoms with Gasteiger partial charge in [-0.1, -0.05) is 23.7 Å². The first kappa shape index (κ1) is 17.3. The van der Waals surface area contributed by atoms with Gasteiger partial charge in [-0.05, 0) is 54.9 Å². The lowest BCUT2D eigenvalue weighted by Crippen LogP contribution is -2.23. The topological polar surface area (TPSA) is 50.4 Å². The lowest BCUT2D eigenvalue weighted by molar-refractivity contribution is -0.116. The Morgan fingerprint density at radius 1 is 1.13 bits per heavy atom. The van der Waals surface area contributed by atoms with Gasteiger partial charge in [0.25, 0.3) is 0 Å². The Morgan fingerprint density at radius 3 is 2.65 bits per heavy atom. The molecule has 0 unspecified atom stereocenters. The fraction of sp³-hybridized carbons (Fsp3) is 0.278. The van der Waals surface area contributed by atoms with Crippen LogP contribution in [-0.2, 0) is 11.2 Å². The molecule has 2 aromatic rings. The second-order valence-corrected chi connectivity index (χ2v) is 5.59. The van der Waals surface area contributed by atoms with Gasteiger partial charge in [0, 0.05) is 23.7 Å². The lowest BCUT2D eigenvalue weighted by atomic mass is 10.1. The van der Waals surface area contributed by atoms with E-state index in [1.807, 2.05) is 18.2 Å². The maximum absolute atomic E-state index is 11.8. The molecule has 0 bridgehead atoms. The van der Waals surface area contributed by atoms with Crippen LogP contribution in [0.3, 0.4) is 0 Å². The second kappa shape index (κ2) is 9.18. The fourth-order valence-electron chi connectivity index (χ4n) is 2.14. The van der Waals surface area contributed by atoms with Crippen LogP contribution < -0.4 is 15.4 Å². The molecule has 2 aromatic carbocycles. The molecule has 4 nitrogen and oxygen atoms in total. The number of amides is 1. The average Bonchev–Trinajstić information content (AvgIpc) is 2.57. The van der Waals surface area contributed by atoms with Crippen molar-refractivity contribution in [1.82, 2.24) is 5.32 Å².